The zero-order valence-electron chi connectivity index (χ0n) is 14.0. The summed E-state index contributed by atoms with van der Waals surface area (Å²) in [5.74, 6) is -1.04. The summed E-state index contributed by atoms with van der Waals surface area (Å²) in [5, 5.41) is 3.74. The minimum Gasteiger partial charge on any atom is -0.263 e. The molecular formula is C17H29F3N2. The van der Waals surface area contributed by atoms with Gasteiger partial charge in [0.05, 0.1) is 11.1 Å². The molecule has 5 heteroatoms. The second kappa shape index (κ2) is 9.21. The summed E-state index contributed by atoms with van der Waals surface area (Å²) in [7, 11) is 0. The fraction of sp³-hybridized carbons (Fsp3) is 0.824. The molecule has 0 bridgehead atoms. The third-order valence-corrected chi connectivity index (χ3v) is 4.37. The van der Waals surface area contributed by atoms with Gasteiger partial charge in [0.1, 0.15) is 0 Å². The molecule has 0 N–H and O–H groups in total. The molecule has 0 saturated heterocycles. The molecule has 0 aliphatic heterocycles. The highest BCUT2D eigenvalue weighted by Gasteiger charge is 2.29. The number of nitrogens with zero attached hydrogens (tertiary/aromatic N) is 2. The highest BCUT2D eigenvalue weighted by molar-refractivity contribution is 5.09. The Bertz CT molecular complexity index is 432. The van der Waals surface area contributed by atoms with Crippen molar-refractivity contribution in [3.63, 3.8) is 0 Å². The fourth-order valence-electron chi connectivity index (χ4n) is 2.81. The van der Waals surface area contributed by atoms with E-state index >= 15 is 0 Å². The van der Waals surface area contributed by atoms with Crippen molar-refractivity contribution in [2.24, 2.45) is 0 Å². The van der Waals surface area contributed by atoms with E-state index in [1.54, 1.807) is 0 Å². The molecule has 0 aliphatic rings. The van der Waals surface area contributed by atoms with Crippen LogP contribution in [-0.4, -0.2) is 9.78 Å². The minimum absolute atomic E-state index is 0.379. The Morgan fingerprint density at radius 2 is 1.64 bits per heavy atom. The molecule has 0 spiro atoms. The Labute approximate surface area is 132 Å². The van der Waals surface area contributed by atoms with Crippen LogP contribution in [0, 0.1) is 5.95 Å². The van der Waals surface area contributed by atoms with Crippen molar-refractivity contribution >= 4 is 0 Å². The summed E-state index contributed by atoms with van der Waals surface area (Å²) in [6.07, 6.45) is 7.82. The SMILES string of the molecule is CCCCCCCC(C)(CCCC)n1cc(C(F)F)c(F)n1. The largest absolute Gasteiger partial charge is 0.269 e. The van der Waals surface area contributed by atoms with E-state index in [0.717, 1.165) is 38.5 Å². The van der Waals surface area contributed by atoms with Crippen LogP contribution >= 0.6 is 0 Å². The van der Waals surface area contributed by atoms with Gasteiger partial charge in [-0.05, 0) is 19.8 Å². The molecule has 0 aromatic carbocycles. The van der Waals surface area contributed by atoms with E-state index in [1.165, 1.54) is 30.1 Å². The first-order chi connectivity index (χ1) is 10.4. The van der Waals surface area contributed by atoms with E-state index in [0.29, 0.717) is 0 Å². The quantitative estimate of drug-likeness (QED) is 0.442. The van der Waals surface area contributed by atoms with E-state index in [1.807, 2.05) is 6.92 Å². The predicted molar refractivity (Wildman–Crippen MR) is 83.7 cm³/mol. The van der Waals surface area contributed by atoms with Crippen molar-refractivity contribution in [1.29, 1.82) is 0 Å². The van der Waals surface area contributed by atoms with Gasteiger partial charge >= 0.3 is 0 Å². The molecule has 0 fully saturated rings. The Morgan fingerprint density at radius 1 is 1.05 bits per heavy atom. The average Bonchev–Trinajstić information content (AvgIpc) is 2.88. The van der Waals surface area contributed by atoms with Crippen molar-refractivity contribution in [3.8, 4) is 0 Å². The summed E-state index contributed by atoms with van der Waals surface area (Å²) < 4.78 is 40.6. The van der Waals surface area contributed by atoms with Gasteiger partial charge in [0.25, 0.3) is 6.43 Å². The van der Waals surface area contributed by atoms with E-state index in [2.05, 4.69) is 18.9 Å². The zero-order chi connectivity index (χ0) is 16.6. The van der Waals surface area contributed by atoms with Crippen molar-refractivity contribution < 1.29 is 13.2 Å². The summed E-state index contributed by atoms with van der Waals surface area (Å²) in [4.78, 5) is 0. The molecule has 0 aliphatic carbocycles. The Hall–Kier alpha value is -1.00. The first kappa shape index (κ1) is 19.0. The van der Waals surface area contributed by atoms with Crippen LogP contribution in [0.15, 0.2) is 6.20 Å². The standard InChI is InChI=1S/C17H29F3N2/c1-4-6-8-9-10-12-17(3,11-7-5-2)22-13-14(15(18)19)16(20)21-22/h13,15H,4-12H2,1-3H3. The Kier molecular flexibility index (Phi) is 7.97. The highest BCUT2D eigenvalue weighted by Crippen LogP contribution is 2.32. The molecular weight excluding hydrogens is 289 g/mol. The molecule has 0 saturated carbocycles. The molecule has 2 nitrogen and oxygen atoms in total. The second-order valence-corrected chi connectivity index (χ2v) is 6.39. The van der Waals surface area contributed by atoms with Gasteiger partial charge in [-0.25, -0.2) is 8.78 Å². The topological polar surface area (TPSA) is 17.8 Å². The third-order valence-electron chi connectivity index (χ3n) is 4.37. The summed E-state index contributed by atoms with van der Waals surface area (Å²) in [5.41, 5.74) is -0.968. The molecule has 128 valence electrons. The maximum absolute atomic E-state index is 13.6. The molecule has 1 atom stereocenters. The van der Waals surface area contributed by atoms with Crippen LogP contribution in [0.4, 0.5) is 13.2 Å². The van der Waals surface area contributed by atoms with Gasteiger partial charge in [-0.2, -0.15) is 4.39 Å². The molecule has 1 aromatic heterocycles. The van der Waals surface area contributed by atoms with Gasteiger partial charge in [0.2, 0.25) is 5.95 Å². The van der Waals surface area contributed by atoms with Crippen LogP contribution in [0.25, 0.3) is 0 Å². The van der Waals surface area contributed by atoms with Crippen molar-refractivity contribution in [3.05, 3.63) is 17.7 Å². The fourth-order valence-corrected chi connectivity index (χ4v) is 2.81. The normalized spacial score (nSPS) is 14.5. The van der Waals surface area contributed by atoms with Gasteiger partial charge in [0.15, 0.2) is 0 Å². The van der Waals surface area contributed by atoms with Gasteiger partial charge < -0.3 is 0 Å². The number of aromatic nitrogens is 2. The number of alkyl halides is 2. The van der Waals surface area contributed by atoms with Crippen LogP contribution in [0.5, 0.6) is 0 Å². The lowest BCUT2D eigenvalue weighted by atomic mass is 9.88. The lowest BCUT2D eigenvalue weighted by Crippen LogP contribution is -2.31. The van der Waals surface area contributed by atoms with Crippen molar-refractivity contribution in [2.45, 2.75) is 90.5 Å². The first-order valence-electron chi connectivity index (χ1n) is 8.48. The number of hydrogen-bond acceptors (Lipinski definition) is 1. The smallest absolute Gasteiger partial charge is 0.263 e. The third kappa shape index (κ3) is 5.33. The molecule has 1 aromatic rings. The lowest BCUT2D eigenvalue weighted by molar-refractivity contribution is 0.146. The van der Waals surface area contributed by atoms with Crippen LogP contribution < -0.4 is 0 Å². The van der Waals surface area contributed by atoms with E-state index in [-0.39, 0.29) is 5.54 Å². The molecule has 1 heterocycles. The van der Waals surface area contributed by atoms with E-state index in [4.69, 9.17) is 0 Å². The molecule has 1 rings (SSSR count). The highest BCUT2D eigenvalue weighted by atomic mass is 19.3. The first-order valence-corrected chi connectivity index (χ1v) is 8.48. The van der Waals surface area contributed by atoms with Crippen molar-refractivity contribution in [2.75, 3.05) is 0 Å². The Morgan fingerprint density at radius 3 is 2.18 bits per heavy atom. The molecule has 0 radical (unpaired) electrons. The van der Waals surface area contributed by atoms with Crippen molar-refractivity contribution in [1.82, 2.24) is 9.78 Å². The second-order valence-electron chi connectivity index (χ2n) is 6.39. The lowest BCUT2D eigenvalue weighted by Gasteiger charge is -2.30. The monoisotopic (exact) mass is 318 g/mol. The van der Waals surface area contributed by atoms with E-state index < -0.39 is 17.9 Å². The van der Waals surface area contributed by atoms with E-state index in [9.17, 15) is 13.2 Å². The number of unbranched alkanes of at least 4 members (excludes halogenated alkanes) is 5. The molecule has 1 unspecified atom stereocenters. The average molecular weight is 318 g/mol. The number of halogens is 3. The molecule has 0 amide bonds. The minimum atomic E-state index is -2.81. The van der Waals surface area contributed by atoms with Gasteiger partial charge in [-0.15, -0.1) is 5.10 Å². The summed E-state index contributed by atoms with van der Waals surface area (Å²) in [6.45, 7) is 6.27. The molecule has 22 heavy (non-hydrogen) atoms. The predicted octanol–water partition coefficient (Wildman–Crippen LogP) is 6.23. The Balaban J connectivity index is 2.79. The van der Waals surface area contributed by atoms with Gasteiger partial charge in [-0.3, -0.25) is 4.68 Å². The summed E-state index contributed by atoms with van der Waals surface area (Å²) in [6, 6.07) is 0. The maximum Gasteiger partial charge on any atom is 0.269 e. The van der Waals surface area contributed by atoms with Crippen LogP contribution in [-0.2, 0) is 5.54 Å². The van der Waals surface area contributed by atoms with Gasteiger partial charge in [0, 0.05) is 6.20 Å². The maximum atomic E-state index is 13.6. The zero-order valence-corrected chi connectivity index (χ0v) is 14.0. The van der Waals surface area contributed by atoms with Crippen LogP contribution in [0.1, 0.15) is 90.5 Å². The van der Waals surface area contributed by atoms with Gasteiger partial charge in [-0.1, -0.05) is 58.8 Å². The number of rotatable bonds is 11. The number of hydrogen-bond donors (Lipinski definition) is 0. The van der Waals surface area contributed by atoms with Crippen LogP contribution in [0.2, 0.25) is 0 Å². The summed E-state index contributed by atoms with van der Waals surface area (Å²) >= 11 is 0. The van der Waals surface area contributed by atoms with Crippen LogP contribution in [0.3, 0.4) is 0 Å².